The number of hydrogen-bond donors (Lipinski definition) is 1. The molecule has 0 radical (unpaired) electrons. The predicted octanol–water partition coefficient (Wildman–Crippen LogP) is 6.30. The minimum Gasteiger partial charge on any atom is -0.352 e. The second kappa shape index (κ2) is 13.4. The molecule has 0 fully saturated rings. The molecule has 3 aromatic rings. The van der Waals surface area contributed by atoms with Crippen LogP contribution in [0.1, 0.15) is 37.0 Å². The van der Waals surface area contributed by atoms with Crippen LogP contribution in [0.4, 0.5) is 0 Å². The Balaban J connectivity index is 1.91. The van der Waals surface area contributed by atoms with Crippen LogP contribution in [-0.2, 0) is 22.6 Å². The van der Waals surface area contributed by atoms with E-state index >= 15 is 0 Å². The molecule has 0 spiro atoms. The van der Waals surface area contributed by atoms with Crippen LogP contribution in [0.5, 0.6) is 0 Å². The van der Waals surface area contributed by atoms with Gasteiger partial charge in [0.15, 0.2) is 0 Å². The van der Waals surface area contributed by atoms with Crippen molar-refractivity contribution in [2.75, 3.05) is 5.75 Å². The first-order valence-electron chi connectivity index (χ1n) is 11.9. The summed E-state index contributed by atoms with van der Waals surface area (Å²) in [6.07, 6.45) is 1.24. The van der Waals surface area contributed by atoms with E-state index in [4.69, 9.17) is 11.6 Å². The summed E-state index contributed by atoms with van der Waals surface area (Å²) in [5.74, 6) is -0.0187. The van der Waals surface area contributed by atoms with Gasteiger partial charge in [-0.2, -0.15) is 0 Å². The lowest BCUT2D eigenvalue weighted by molar-refractivity contribution is -0.139. The largest absolute Gasteiger partial charge is 0.352 e. The van der Waals surface area contributed by atoms with Gasteiger partial charge in [0, 0.05) is 28.9 Å². The Morgan fingerprint density at radius 3 is 2.29 bits per heavy atom. The Morgan fingerprint density at radius 1 is 0.971 bits per heavy atom. The third-order valence-corrected chi connectivity index (χ3v) is 7.32. The van der Waals surface area contributed by atoms with E-state index in [9.17, 15) is 9.59 Å². The van der Waals surface area contributed by atoms with E-state index in [1.54, 1.807) is 4.90 Å². The van der Waals surface area contributed by atoms with Crippen LogP contribution in [0.2, 0.25) is 5.02 Å². The molecule has 0 heterocycles. The molecule has 2 atom stereocenters. The lowest BCUT2D eigenvalue weighted by atomic mass is 10.0. The molecule has 6 heteroatoms. The van der Waals surface area contributed by atoms with Crippen molar-refractivity contribution in [3.63, 3.8) is 0 Å². The highest BCUT2D eigenvalue weighted by atomic mass is 35.5. The fourth-order valence-corrected chi connectivity index (χ4v) is 4.65. The van der Waals surface area contributed by atoms with Crippen LogP contribution in [0.25, 0.3) is 0 Å². The average molecular weight is 509 g/mol. The summed E-state index contributed by atoms with van der Waals surface area (Å²) in [4.78, 5) is 29.9. The van der Waals surface area contributed by atoms with Crippen molar-refractivity contribution in [3.8, 4) is 0 Å². The first-order chi connectivity index (χ1) is 16.9. The van der Waals surface area contributed by atoms with Crippen molar-refractivity contribution >= 4 is 35.2 Å². The van der Waals surface area contributed by atoms with Crippen molar-refractivity contribution in [2.45, 2.75) is 57.1 Å². The number of nitrogens with zero attached hydrogens (tertiary/aromatic N) is 1. The standard InChI is InChI=1S/C29H33ClN2O2S/c1-4-22(3)31-29(34)27(18-23-10-6-5-7-11-23)32(19-24-12-8-9-13-26(24)30)28(33)20-35-25-16-14-21(2)15-17-25/h5-17,22,27H,4,18-20H2,1-3H3,(H,31,34)/t22-,27-/m1/s1. The molecule has 0 aliphatic rings. The zero-order valence-electron chi connectivity index (χ0n) is 20.5. The Labute approximate surface area is 218 Å². The SMILES string of the molecule is CC[C@@H](C)NC(=O)[C@@H](Cc1ccccc1)N(Cc1ccccc1Cl)C(=O)CSc1ccc(C)cc1. The van der Waals surface area contributed by atoms with Gasteiger partial charge in [0.1, 0.15) is 6.04 Å². The normalized spacial score (nSPS) is 12.6. The molecule has 1 N–H and O–H groups in total. The number of hydrogen-bond acceptors (Lipinski definition) is 3. The molecule has 2 amide bonds. The van der Waals surface area contributed by atoms with Crippen LogP contribution >= 0.6 is 23.4 Å². The summed E-state index contributed by atoms with van der Waals surface area (Å²) in [5.41, 5.74) is 2.99. The van der Waals surface area contributed by atoms with E-state index in [2.05, 4.69) is 5.32 Å². The fraction of sp³-hybridized carbons (Fsp3) is 0.310. The molecule has 0 bridgehead atoms. The number of carbonyl (C=O) groups is 2. The van der Waals surface area contributed by atoms with Gasteiger partial charge in [-0.25, -0.2) is 0 Å². The molecule has 184 valence electrons. The Kier molecular flexibility index (Phi) is 10.2. The van der Waals surface area contributed by atoms with E-state index in [1.807, 2.05) is 99.6 Å². The summed E-state index contributed by atoms with van der Waals surface area (Å²) in [5, 5.41) is 3.67. The number of aryl methyl sites for hydroxylation is 1. The maximum absolute atomic E-state index is 13.7. The number of halogens is 1. The topological polar surface area (TPSA) is 49.4 Å². The van der Waals surface area contributed by atoms with Crippen LogP contribution < -0.4 is 5.32 Å². The first-order valence-corrected chi connectivity index (χ1v) is 13.3. The molecule has 3 rings (SSSR count). The van der Waals surface area contributed by atoms with Crippen LogP contribution in [0.3, 0.4) is 0 Å². The smallest absolute Gasteiger partial charge is 0.243 e. The molecule has 0 aromatic heterocycles. The van der Waals surface area contributed by atoms with E-state index < -0.39 is 6.04 Å². The first kappa shape index (κ1) is 26.8. The summed E-state index contributed by atoms with van der Waals surface area (Å²) in [6, 6.07) is 24.8. The number of rotatable bonds is 11. The molecule has 0 saturated heterocycles. The van der Waals surface area contributed by atoms with Gasteiger partial charge in [0.25, 0.3) is 0 Å². The van der Waals surface area contributed by atoms with Gasteiger partial charge in [0.05, 0.1) is 5.75 Å². The van der Waals surface area contributed by atoms with Crippen molar-refractivity contribution in [3.05, 3.63) is 101 Å². The van der Waals surface area contributed by atoms with Crippen molar-refractivity contribution in [1.29, 1.82) is 0 Å². The average Bonchev–Trinajstić information content (AvgIpc) is 2.87. The fourth-order valence-electron chi connectivity index (χ4n) is 3.67. The van der Waals surface area contributed by atoms with Crippen molar-refractivity contribution in [2.24, 2.45) is 0 Å². The molecular formula is C29H33ClN2O2S. The number of benzene rings is 3. The van der Waals surface area contributed by atoms with Gasteiger partial charge < -0.3 is 10.2 Å². The Bertz CT molecular complexity index is 1110. The number of carbonyl (C=O) groups excluding carboxylic acids is 2. The second-order valence-electron chi connectivity index (χ2n) is 8.74. The summed E-state index contributed by atoms with van der Waals surface area (Å²) in [7, 11) is 0. The maximum atomic E-state index is 13.7. The van der Waals surface area contributed by atoms with Gasteiger partial charge in [-0.1, -0.05) is 84.8 Å². The monoisotopic (exact) mass is 508 g/mol. The molecular weight excluding hydrogens is 476 g/mol. The molecule has 4 nitrogen and oxygen atoms in total. The molecule has 35 heavy (non-hydrogen) atoms. The summed E-state index contributed by atoms with van der Waals surface area (Å²) >= 11 is 7.95. The zero-order chi connectivity index (χ0) is 25.2. The molecule has 0 aliphatic carbocycles. The van der Waals surface area contributed by atoms with E-state index in [0.29, 0.717) is 11.4 Å². The second-order valence-corrected chi connectivity index (χ2v) is 10.2. The highest BCUT2D eigenvalue weighted by molar-refractivity contribution is 8.00. The number of nitrogens with one attached hydrogen (secondary N) is 1. The van der Waals surface area contributed by atoms with Gasteiger partial charge in [-0.3, -0.25) is 9.59 Å². The number of thioether (sulfide) groups is 1. The van der Waals surface area contributed by atoms with E-state index in [-0.39, 0.29) is 30.2 Å². The van der Waals surface area contributed by atoms with Gasteiger partial charge in [-0.15, -0.1) is 11.8 Å². The van der Waals surface area contributed by atoms with Gasteiger partial charge in [0.2, 0.25) is 11.8 Å². The highest BCUT2D eigenvalue weighted by Gasteiger charge is 2.31. The zero-order valence-corrected chi connectivity index (χ0v) is 22.1. The van der Waals surface area contributed by atoms with Crippen molar-refractivity contribution < 1.29 is 9.59 Å². The molecule has 0 aliphatic heterocycles. The molecule has 3 aromatic carbocycles. The minimum atomic E-state index is -0.659. The van der Waals surface area contributed by atoms with Crippen LogP contribution in [-0.4, -0.2) is 34.6 Å². The number of amides is 2. The summed E-state index contributed by atoms with van der Waals surface area (Å²) in [6.45, 7) is 6.31. The minimum absolute atomic E-state index is 0.0139. The lowest BCUT2D eigenvalue weighted by Crippen LogP contribution is -2.52. The Hall–Kier alpha value is -2.76. The maximum Gasteiger partial charge on any atom is 0.243 e. The molecule has 0 saturated carbocycles. The van der Waals surface area contributed by atoms with Crippen LogP contribution in [0.15, 0.2) is 83.8 Å². The third kappa shape index (κ3) is 8.15. The third-order valence-electron chi connectivity index (χ3n) is 5.95. The summed E-state index contributed by atoms with van der Waals surface area (Å²) < 4.78 is 0. The lowest BCUT2D eigenvalue weighted by Gasteiger charge is -2.32. The predicted molar refractivity (Wildman–Crippen MR) is 146 cm³/mol. The highest BCUT2D eigenvalue weighted by Crippen LogP contribution is 2.24. The Morgan fingerprint density at radius 2 is 1.63 bits per heavy atom. The van der Waals surface area contributed by atoms with E-state index in [0.717, 1.165) is 22.4 Å². The quantitative estimate of drug-likeness (QED) is 0.309. The van der Waals surface area contributed by atoms with Crippen LogP contribution in [0, 0.1) is 6.92 Å². The van der Waals surface area contributed by atoms with Gasteiger partial charge >= 0.3 is 0 Å². The molecule has 0 unspecified atom stereocenters. The van der Waals surface area contributed by atoms with Gasteiger partial charge in [-0.05, 0) is 49.6 Å². The van der Waals surface area contributed by atoms with E-state index in [1.165, 1.54) is 17.3 Å². The van der Waals surface area contributed by atoms with Crippen molar-refractivity contribution in [1.82, 2.24) is 10.2 Å².